The highest BCUT2D eigenvalue weighted by molar-refractivity contribution is 14.1. The van der Waals surface area contributed by atoms with Crippen molar-refractivity contribution in [1.29, 1.82) is 0 Å². The third-order valence-electron chi connectivity index (χ3n) is 6.67. The van der Waals surface area contributed by atoms with Gasteiger partial charge in [0.25, 0.3) is 0 Å². The maximum atomic E-state index is 11.9. The number of rotatable bonds is 17. The number of hydrogen-bond acceptors (Lipinski definition) is 8. The molecule has 0 aliphatic heterocycles. The molecule has 0 amide bonds. The number of halogens is 1. The highest BCUT2D eigenvalue weighted by atomic mass is 127. The molecule has 5 N–H and O–H groups in total. The van der Waals surface area contributed by atoms with Crippen molar-refractivity contribution in [1.82, 2.24) is 14.7 Å². The van der Waals surface area contributed by atoms with Crippen molar-refractivity contribution < 1.29 is 49.5 Å². The molecule has 0 saturated heterocycles. The number of carboxylic acids is 5. The Morgan fingerprint density at radius 1 is 0.692 bits per heavy atom. The van der Waals surface area contributed by atoms with E-state index in [9.17, 15) is 49.5 Å². The van der Waals surface area contributed by atoms with Gasteiger partial charge in [-0.1, -0.05) is 25.0 Å². The summed E-state index contributed by atoms with van der Waals surface area (Å²) in [5.74, 6) is -6.07. The summed E-state index contributed by atoms with van der Waals surface area (Å²) in [7, 11) is 0. The number of carboxylic acid groups (broad SMARTS) is 5. The molecule has 0 radical (unpaired) electrons. The fourth-order valence-corrected chi connectivity index (χ4v) is 5.57. The number of benzene rings is 1. The molecular formula is C25H34IN3O10. The van der Waals surface area contributed by atoms with E-state index in [4.69, 9.17) is 0 Å². The minimum atomic E-state index is -1.24. The molecule has 0 aromatic heterocycles. The van der Waals surface area contributed by atoms with Gasteiger partial charge < -0.3 is 25.5 Å². The van der Waals surface area contributed by atoms with Crippen LogP contribution in [-0.4, -0.2) is 127 Å². The monoisotopic (exact) mass is 663 g/mol. The lowest BCUT2D eigenvalue weighted by Crippen LogP contribution is -2.59. The van der Waals surface area contributed by atoms with Gasteiger partial charge in [-0.05, 0) is 59.5 Å². The fourth-order valence-electron chi connectivity index (χ4n) is 5.21. The SMILES string of the molecule is O=C(O)CN(CC(=O)O)C1CCCCC1N(CC(=O)O)C[C@H](Cc1ccc(I)cc1)N(CC(=O)O)CC(=O)O. The molecule has 216 valence electrons. The standard InChI is InChI=1S/C25H34IN3O10/c26-17-7-5-16(6-8-17)9-18(27(11-21(30)31)12-22(32)33)10-28(13-23(34)35)19-3-1-2-4-20(19)29(14-24(36)37)15-25(38)39/h5-8,18-20H,1-4,9-15H2,(H,30,31)(H,32,33)(H,34,35)(H,36,37)(H,38,39)/t18-,19?,20?/m0/s1. The topological polar surface area (TPSA) is 196 Å². The molecule has 1 aliphatic rings. The van der Waals surface area contributed by atoms with E-state index in [1.807, 2.05) is 24.3 Å². The molecule has 2 rings (SSSR count). The van der Waals surface area contributed by atoms with Gasteiger partial charge in [-0.15, -0.1) is 0 Å². The molecule has 1 aromatic carbocycles. The molecule has 14 heteroatoms. The van der Waals surface area contributed by atoms with E-state index in [1.54, 1.807) is 4.90 Å². The van der Waals surface area contributed by atoms with Crippen LogP contribution >= 0.6 is 22.6 Å². The first-order valence-corrected chi connectivity index (χ1v) is 13.5. The van der Waals surface area contributed by atoms with E-state index < -0.39 is 80.7 Å². The van der Waals surface area contributed by atoms with Crippen LogP contribution in [0.1, 0.15) is 31.2 Å². The summed E-state index contributed by atoms with van der Waals surface area (Å²) < 4.78 is 0.968. The largest absolute Gasteiger partial charge is 0.480 e. The van der Waals surface area contributed by atoms with Crippen molar-refractivity contribution in [2.45, 2.75) is 50.2 Å². The normalized spacial score (nSPS) is 18.3. The average Bonchev–Trinajstić information content (AvgIpc) is 2.82. The van der Waals surface area contributed by atoms with Gasteiger partial charge >= 0.3 is 29.8 Å². The predicted octanol–water partition coefficient (Wildman–Crippen LogP) is 0.843. The zero-order valence-electron chi connectivity index (χ0n) is 21.3. The quantitative estimate of drug-likeness (QED) is 0.147. The Hall–Kier alpha value is -2.82. The lowest BCUT2D eigenvalue weighted by molar-refractivity contribution is -0.146. The number of hydrogen-bond donors (Lipinski definition) is 5. The zero-order chi connectivity index (χ0) is 29.1. The molecule has 2 unspecified atom stereocenters. The van der Waals surface area contributed by atoms with Gasteiger partial charge in [0.1, 0.15) is 0 Å². The first-order valence-electron chi connectivity index (χ1n) is 12.4. The van der Waals surface area contributed by atoms with Crippen LogP contribution in [0.15, 0.2) is 24.3 Å². The van der Waals surface area contributed by atoms with Gasteiger partial charge in [-0.2, -0.15) is 0 Å². The molecule has 39 heavy (non-hydrogen) atoms. The van der Waals surface area contributed by atoms with E-state index in [-0.39, 0.29) is 13.0 Å². The van der Waals surface area contributed by atoms with E-state index in [2.05, 4.69) is 22.6 Å². The van der Waals surface area contributed by atoms with Crippen molar-refractivity contribution in [2.75, 3.05) is 39.3 Å². The summed E-state index contributed by atoms with van der Waals surface area (Å²) in [5.41, 5.74) is 0.801. The van der Waals surface area contributed by atoms with Crippen LogP contribution in [0, 0.1) is 3.57 Å². The van der Waals surface area contributed by atoms with Crippen LogP contribution in [0.4, 0.5) is 0 Å². The van der Waals surface area contributed by atoms with Crippen LogP contribution in [0.2, 0.25) is 0 Å². The van der Waals surface area contributed by atoms with E-state index in [0.717, 1.165) is 9.13 Å². The fraction of sp³-hybridized carbons (Fsp3) is 0.560. The van der Waals surface area contributed by atoms with Crippen molar-refractivity contribution in [3.05, 3.63) is 33.4 Å². The van der Waals surface area contributed by atoms with Gasteiger partial charge in [0, 0.05) is 28.2 Å². The van der Waals surface area contributed by atoms with Gasteiger partial charge in [0.2, 0.25) is 0 Å². The zero-order valence-corrected chi connectivity index (χ0v) is 23.5. The molecule has 1 saturated carbocycles. The van der Waals surface area contributed by atoms with Crippen molar-refractivity contribution >= 4 is 52.4 Å². The molecule has 1 aromatic rings. The molecule has 3 atom stereocenters. The highest BCUT2D eigenvalue weighted by Crippen LogP contribution is 2.28. The van der Waals surface area contributed by atoms with Crippen molar-refractivity contribution in [2.24, 2.45) is 0 Å². The Balaban J connectivity index is 2.48. The van der Waals surface area contributed by atoms with E-state index in [0.29, 0.717) is 25.7 Å². The third kappa shape index (κ3) is 11.4. The summed E-state index contributed by atoms with van der Waals surface area (Å²) in [6.45, 7) is -2.73. The van der Waals surface area contributed by atoms with Crippen molar-refractivity contribution in [3.63, 3.8) is 0 Å². The Morgan fingerprint density at radius 2 is 1.10 bits per heavy atom. The second-order valence-corrected chi connectivity index (χ2v) is 10.9. The maximum absolute atomic E-state index is 11.9. The van der Waals surface area contributed by atoms with Gasteiger partial charge in [-0.3, -0.25) is 38.7 Å². The minimum Gasteiger partial charge on any atom is -0.480 e. The Morgan fingerprint density at radius 3 is 1.54 bits per heavy atom. The lowest BCUT2D eigenvalue weighted by atomic mass is 9.87. The number of carbonyl (C=O) groups is 5. The maximum Gasteiger partial charge on any atom is 0.317 e. The smallest absolute Gasteiger partial charge is 0.317 e. The van der Waals surface area contributed by atoms with Crippen LogP contribution in [0.5, 0.6) is 0 Å². The van der Waals surface area contributed by atoms with Crippen LogP contribution in [-0.2, 0) is 30.4 Å². The molecular weight excluding hydrogens is 629 g/mol. The van der Waals surface area contributed by atoms with Crippen molar-refractivity contribution in [3.8, 4) is 0 Å². The summed E-state index contributed by atoms with van der Waals surface area (Å²) >= 11 is 2.13. The first-order chi connectivity index (χ1) is 18.3. The van der Waals surface area contributed by atoms with E-state index >= 15 is 0 Å². The minimum absolute atomic E-state index is 0.0198. The molecule has 0 heterocycles. The number of aliphatic carboxylic acids is 5. The first kappa shape index (κ1) is 32.4. The molecule has 0 bridgehead atoms. The van der Waals surface area contributed by atoms with Gasteiger partial charge in [0.05, 0.1) is 32.7 Å². The summed E-state index contributed by atoms with van der Waals surface area (Å²) in [4.78, 5) is 62.5. The second kappa shape index (κ2) is 15.7. The Bertz CT molecular complexity index is 990. The summed E-state index contributed by atoms with van der Waals surface area (Å²) in [5, 5.41) is 47.6. The average molecular weight is 663 g/mol. The van der Waals surface area contributed by atoms with E-state index in [1.165, 1.54) is 9.80 Å². The molecule has 13 nitrogen and oxygen atoms in total. The third-order valence-corrected chi connectivity index (χ3v) is 7.39. The summed E-state index contributed by atoms with van der Waals surface area (Å²) in [6, 6.07) is 5.55. The lowest BCUT2D eigenvalue weighted by Gasteiger charge is -2.45. The summed E-state index contributed by atoms with van der Waals surface area (Å²) in [6.07, 6.45) is 2.58. The second-order valence-electron chi connectivity index (χ2n) is 9.61. The van der Waals surface area contributed by atoms with Crippen LogP contribution < -0.4 is 0 Å². The molecule has 0 spiro atoms. The molecule has 1 aliphatic carbocycles. The molecule has 1 fully saturated rings. The van der Waals surface area contributed by atoms with Crippen LogP contribution in [0.25, 0.3) is 0 Å². The number of nitrogens with zero attached hydrogens (tertiary/aromatic N) is 3. The predicted molar refractivity (Wildman–Crippen MR) is 146 cm³/mol. The Labute approximate surface area is 239 Å². The Kier molecular flexibility index (Phi) is 13.0. The van der Waals surface area contributed by atoms with Gasteiger partial charge in [-0.25, -0.2) is 0 Å². The van der Waals surface area contributed by atoms with Crippen LogP contribution in [0.3, 0.4) is 0 Å². The highest BCUT2D eigenvalue weighted by Gasteiger charge is 2.38. The van der Waals surface area contributed by atoms with Gasteiger partial charge in [0.15, 0.2) is 0 Å².